The Kier molecular flexibility index (Phi) is 4.36. The number of hydrogen-bond acceptors (Lipinski definition) is 2. The van der Waals surface area contributed by atoms with Crippen LogP contribution in [-0.4, -0.2) is 12.1 Å². The number of aromatic amines is 1. The Labute approximate surface area is 153 Å². The van der Waals surface area contributed by atoms with Gasteiger partial charge in [-0.2, -0.15) is 0 Å². The normalized spacial score (nSPS) is 12.1. The molecule has 3 nitrogen and oxygen atoms in total. The minimum Gasteiger partial charge on any atom is -0.496 e. The second-order valence-electron chi connectivity index (χ2n) is 6.39. The van der Waals surface area contributed by atoms with Crippen LogP contribution < -0.4 is 10.1 Å². The van der Waals surface area contributed by atoms with E-state index in [-0.39, 0.29) is 6.04 Å². The van der Waals surface area contributed by atoms with E-state index in [1.54, 1.807) is 7.11 Å². The van der Waals surface area contributed by atoms with Gasteiger partial charge < -0.3 is 15.0 Å². The molecule has 1 atom stereocenters. The Bertz CT molecular complexity index is 1020. The summed E-state index contributed by atoms with van der Waals surface area (Å²) in [6.07, 6.45) is 0. The highest BCUT2D eigenvalue weighted by molar-refractivity contribution is 5.86. The van der Waals surface area contributed by atoms with Crippen molar-refractivity contribution in [1.29, 1.82) is 0 Å². The molecule has 2 N–H and O–H groups in total. The molecule has 0 spiro atoms. The third-order valence-electron chi connectivity index (χ3n) is 4.77. The van der Waals surface area contributed by atoms with Gasteiger partial charge in [0.2, 0.25) is 0 Å². The standard InChI is InChI=1S/C23H22N2O/c1-16-22(18-12-6-8-14-20(18)24-16)23(25-17-10-4-3-5-11-17)19-13-7-9-15-21(19)26-2/h3-15,23-25H,1-2H3. The summed E-state index contributed by atoms with van der Waals surface area (Å²) >= 11 is 0. The van der Waals surface area contributed by atoms with Crippen molar-refractivity contribution < 1.29 is 4.74 Å². The lowest BCUT2D eigenvalue weighted by Gasteiger charge is -2.23. The minimum atomic E-state index is -0.0234. The van der Waals surface area contributed by atoms with E-state index in [0.29, 0.717) is 0 Å². The van der Waals surface area contributed by atoms with E-state index >= 15 is 0 Å². The lowest BCUT2D eigenvalue weighted by Crippen LogP contribution is -2.14. The van der Waals surface area contributed by atoms with Crippen LogP contribution in [0.4, 0.5) is 5.69 Å². The Balaban J connectivity index is 1.91. The summed E-state index contributed by atoms with van der Waals surface area (Å²) in [6, 6.07) is 26.9. The third kappa shape index (κ3) is 2.92. The number of hydrogen-bond donors (Lipinski definition) is 2. The van der Waals surface area contributed by atoms with Crippen LogP contribution in [0.5, 0.6) is 5.75 Å². The van der Waals surface area contributed by atoms with Gasteiger partial charge in [0, 0.05) is 33.4 Å². The van der Waals surface area contributed by atoms with Gasteiger partial charge >= 0.3 is 0 Å². The maximum atomic E-state index is 5.66. The van der Waals surface area contributed by atoms with Gasteiger partial charge in [0.1, 0.15) is 5.75 Å². The van der Waals surface area contributed by atoms with Crippen LogP contribution in [0, 0.1) is 6.92 Å². The fourth-order valence-corrected chi connectivity index (χ4v) is 3.58. The van der Waals surface area contributed by atoms with Crippen LogP contribution in [0.25, 0.3) is 10.9 Å². The molecule has 1 unspecified atom stereocenters. The molecule has 3 heteroatoms. The molecule has 0 aliphatic carbocycles. The van der Waals surface area contributed by atoms with Crippen LogP contribution in [-0.2, 0) is 0 Å². The van der Waals surface area contributed by atoms with Crippen molar-refractivity contribution in [3.8, 4) is 5.75 Å². The van der Waals surface area contributed by atoms with Crippen LogP contribution in [0.2, 0.25) is 0 Å². The summed E-state index contributed by atoms with van der Waals surface area (Å²) in [5, 5.41) is 4.93. The first-order valence-electron chi connectivity index (χ1n) is 8.79. The Morgan fingerprint density at radius 1 is 0.846 bits per heavy atom. The highest BCUT2D eigenvalue weighted by atomic mass is 16.5. The molecule has 0 fully saturated rings. The van der Waals surface area contributed by atoms with E-state index in [2.05, 4.69) is 65.8 Å². The number of nitrogens with one attached hydrogen (secondary N) is 2. The molecular weight excluding hydrogens is 320 g/mol. The Morgan fingerprint density at radius 2 is 1.54 bits per heavy atom. The number of rotatable bonds is 5. The topological polar surface area (TPSA) is 37.0 Å². The third-order valence-corrected chi connectivity index (χ3v) is 4.77. The molecule has 1 aromatic heterocycles. The van der Waals surface area contributed by atoms with Crippen molar-refractivity contribution >= 4 is 16.6 Å². The zero-order chi connectivity index (χ0) is 17.9. The average Bonchev–Trinajstić information content (AvgIpc) is 3.02. The summed E-state index contributed by atoms with van der Waals surface area (Å²) in [6.45, 7) is 2.13. The number of fused-ring (bicyclic) bond motifs is 1. The molecule has 4 rings (SSSR count). The van der Waals surface area contributed by atoms with Crippen LogP contribution in [0.1, 0.15) is 22.9 Å². The second kappa shape index (κ2) is 6.96. The van der Waals surface area contributed by atoms with Gasteiger partial charge in [0.25, 0.3) is 0 Å². The van der Waals surface area contributed by atoms with Crippen molar-refractivity contribution in [3.05, 3.63) is 95.7 Å². The van der Waals surface area contributed by atoms with Gasteiger partial charge in [0.15, 0.2) is 0 Å². The van der Waals surface area contributed by atoms with Gasteiger partial charge in [0.05, 0.1) is 13.2 Å². The van der Waals surface area contributed by atoms with Gasteiger partial charge in [-0.05, 0) is 31.2 Å². The summed E-state index contributed by atoms with van der Waals surface area (Å²) in [4.78, 5) is 3.52. The Hall–Kier alpha value is -3.20. The molecule has 0 radical (unpaired) electrons. The van der Waals surface area contributed by atoms with E-state index < -0.39 is 0 Å². The number of aromatic nitrogens is 1. The lowest BCUT2D eigenvalue weighted by molar-refractivity contribution is 0.408. The van der Waals surface area contributed by atoms with E-state index in [1.807, 2.05) is 30.3 Å². The number of para-hydroxylation sites is 3. The highest BCUT2D eigenvalue weighted by Crippen LogP contribution is 2.38. The Morgan fingerprint density at radius 3 is 2.35 bits per heavy atom. The fraction of sp³-hybridized carbons (Fsp3) is 0.130. The van der Waals surface area contributed by atoms with Crippen LogP contribution >= 0.6 is 0 Å². The van der Waals surface area contributed by atoms with Crippen molar-refractivity contribution in [2.45, 2.75) is 13.0 Å². The van der Waals surface area contributed by atoms with E-state index in [4.69, 9.17) is 4.74 Å². The number of methoxy groups -OCH3 is 1. The zero-order valence-electron chi connectivity index (χ0n) is 15.0. The highest BCUT2D eigenvalue weighted by Gasteiger charge is 2.23. The SMILES string of the molecule is COc1ccccc1C(Nc1ccccc1)c1c(C)[nH]c2ccccc12. The number of benzene rings is 3. The first-order valence-corrected chi connectivity index (χ1v) is 8.79. The number of aryl methyl sites for hydroxylation is 1. The second-order valence-corrected chi connectivity index (χ2v) is 6.39. The molecule has 26 heavy (non-hydrogen) atoms. The summed E-state index contributed by atoms with van der Waals surface area (Å²) in [7, 11) is 1.72. The lowest BCUT2D eigenvalue weighted by atomic mass is 9.95. The molecule has 1 heterocycles. The van der Waals surface area contributed by atoms with Crippen LogP contribution in [0.3, 0.4) is 0 Å². The molecule has 0 aliphatic rings. The molecule has 4 aromatic rings. The molecular formula is C23H22N2O. The molecule has 0 bridgehead atoms. The van der Waals surface area contributed by atoms with E-state index in [0.717, 1.165) is 28.2 Å². The van der Waals surface area contributed by atoms with Gasteiger partial charge in [-0.1, -0.05) is 54.6 Å². The average molecular weight is 342 g/mol. The summed E-state index contributed by atoms with van der Waals surface area (Å²) in [5.74, 6) is 0.880. The molecule has 0 saturated heterocycles. The predicted octanol–water partition coefficient (Wildman–Crippen LogP) is 5.69. The maximum absolute atomic E-state index is 5.66. The monoisotopic (exact) mass is 342 g/mol. The maximum Gasteiger partial charge on any atom is 0.124 e. The smallest absolute Gasteiger partial charge is 0.124 e. The van der Waals surface area contributed by atoms with Crippen LogP contribution in [0.15, 0.2) is 78.9 Å². The largest absolute Gasteiger partial charge is 0.496 e. The quantitative estimate of drug-likeness (QED) is 0.489. The van der Waals surface area contributed by atoms with Crippen molar-refractivity contribution in [1.82, 2.24) is 4.98 Å². The number of H-pyrrole nitrogens is 1. The van der Waals surface area contributed by atoms with E-state index in [9.17, 15) is 0 Å². The van der Waals surface area contributed by atoms with Gasteiger partial charge in [-0.15, -0.1) is 0 Å². The van der Waals surface area contributed by atoms with Crippen molar-refractivity contribution in [2.24, 2.45) is 0 Å². The zero-order valence-corrected chi connectivity index (χ0v) is 15.0. The molecule has 130 valence electrons. The fourth-order valence-electron chi connectivity index (χ4n) is 3.58. The molecule has 0 saturated carbocycles. The first-order chi connectivity index (χ1) is 12.8. The minimum absolute atomic E-state index is 0.0234. The van der Waals surface area contributed by atoms with Gasteiger partial charge in [-0.3, -0.25) is 0 Å². The molecule has 0 aliphatic heterocycles. The van der Waals surface area contributed by atoms with Gasteiger partial charge in [-0.25, -0.2) is 0 Å². The summed E-state index contributed by atoms with van der Waals surface area (Å²) < 4.78 is 5.66. The summed E-state index contributed by atoms with van der Waals surface area (Å²) in [5.41, 5.74) is 5.74. The number of anilines is 1. The predicted molar refractivity (Wildman–Crippen MR) is 108 cm³/mol. The first kappa shape index (κ1) is 16.3. The molecule has 3 aromatic carbocycles. The van der Waals surface area contributed by atoms with Crippen molar-refractivity contribution in [2.75, 3.05) is 12.4 Å². The van der Waals surface area contributed by atoms with Crippen molar-refractivity contribution in [3.63, 3.8) is 0 Å². The molecule has 0 amide bonds. The number of ether oxygens (including phenoxy) is 1. The van der Waals surface area contributed by atoms with E-state index in [1.165, 1.54) is 10.9 Å².